The Hall–Kier alpha value is -4.72. The van der Waals surface area contributed by atoms with Crippen LogP contribution in [0.3, 0.4) is 0 Å². The van der Waals surface area contributed by atoms with Gasteiger partial charge in [0, 0.05) is 109 Å². The molecule has 4 heterocycles. The zero-order valence-corrected chi connectivity index (χ0v) is 44.8. The molecular formula is C62H86N4O4. The number of carbonyl (C=O) groups is 4. The molecule has 8 nitrogen and oxygen atoms in total. The van der Waals surface area contributed by atoms with E-state index >= 15 is 0 Å². The van der Waals surface area contributed by atoms with Crippen LogP contribution in [-0.2, 0) is 19.2 Å². The van der Waals surface area contributed by atoms with Gasteiger partial charge in [-0.25, -0.2) is 0 Å². The highest BCUT2D eigenvalue weighted by Crippen LogP contribution is 2.49. The fraction of sp³-hybridized carbons (Fsp3) is 0.613. The number of rotatable bonds is 15. The summed E-state index contributed by atoms with van der Waals surface area (Å²) in [5.41, 5.74) is 6.63. The molecule has 2 atom stereocenters. The molecule has 2 aliphatic carbocycles. The molecule has 2 saturated carbocycles. The largest absolute Gasteiger partial charge is 0.348 e. The Bertz CT molecular complexity index is 2380. The fourth-order valence-electron chi connectivity index (χ4n) is 13.1. The Morgan fingerprint density at radius 1 is 0.429 bits per heavy atom. The Balaban J connectivity index is 1.17. The smallest absolute Gasteiger partial charge is 0.161 e. The molecule has 378 valence electrons. The molecule has 8 heteroatoms. The van der Waals surface area contributed by atoms with Crippen molar-refractivity contribution in [3.05, 3.63) is 95.6 Å². The second-order valence-electron chi connectivity index (χ2n) is 24.8. The van der Waals surface area contributed by atoms with Crippen molar-refractivity contribution in [3.63, 3.8) is 0 Å². The van der Waals surface area contributed by atoms with Gasteiger partial charge in [-0.1, -0.05) is 133 Å². The quantitative estimate of drug-likeness (QED) is 0.175. The first-order valence-electron chi connectivity index (χ1n) is 27.5. The third-order valence-electron chi connectivity index (χ3n) is 17.8. The minimum absolute atomic E-state index is 0.0462. The average Bonchev–Trinajstić information content (AvgIpc) is 3.33. The maximum absolute atomic E-state index is 14.7. The molecule has 0 amide bonds. The highest BCUT2D eigenvalue weighted by atomic mass is 16.1. The van der Waals surface area contributed by atoms with Crippen LogP contribution >= 0.6 is 0 Å². The van der Waals surface area contributed by atoms with Crippen molar-refractivity contribution in [1.29, 1.82) is 0 Å². The third kappa shape index (κ3) is 11.0. The first-order valence-corrected chi connectivity index (χ1v) is 27.5. The fourth-order valence-corrected chi connectivity index (χ4v) is 13.1. The SMILES string of the molecule is CCC(=O)C1=CN(c2ccc(N3C=C(C(=O)CC)C(C)(C)CC3C3CC(C)(C)C(C(=O)CC4CCCCC4)=CN3c3ccc(N4C=C(C(=O)CC5CCCCC5)C(C)(C)CC4)cc3)cc2)CCC1(C)C. The molecule has 4 aliphatic heterocycles. The van der Waals surface area contributed by atoms with Gasteiger partial charge in [0.1, 0.15) is 0 Å². The van der Waals surface area contributed by atoms with Crippen LogP contribution in [0.1, 0.15) is 185 Å². The van der Waals surface area contributed by atoms with E-state index in [9.17, 15) is 19.2 Å². The molecule has 2 fully saturated rings. The van der Waals surface area contributed by atoms with Crippen LogP contribution in [0.15, 0.2) is 95.6 Å². The van der Waals surface area contributed by atoms with Gasteiger partial charge >= 0.3 is 0 Å². The van der Waals surface area contributed by atoms with Crippen LogP contribution in [0, 0.1) is 33.5 Å². The molecule has 8 rings (SSSR count). The van der Waals surface area contributed by atoms with Crippen LogP contribution in [0.25, 0.3) is 0 Å². The molecule has 0 saturated heterocycles. The first kappa shape index (κ1) is 51.6. The monoisotopic (exact) mass is 951 g/mol. The molecule has 0 spiro atoms. The lowest BCUT2D eigenvalue weighted by atomic mass is 9.67. The molecule has 0 N–H and O–H groups in total. The molecule has 70 heavy (non-hydrogen) atoms. The van der Waals surface area contributed by atoms with Crippen molar-refractivity contribution >= 4 is 45.9 Å². The van der Waals surface area contributed by atoms with E-state index < -0.39 is 0 Å². The van der Waals surface area contributed by atoms with Crippen molar-refractivity contribution in [1.82, 2.24) is 0 Å². The number of benzene rings is 2. The van der Waals surface area contributed by atoms with E-state index in [1.54, 1.807) is 0 Å². The van der Waals surface area contributed by atoms with Gasteiger partial charge in [-0.3, -0.25) is 19.2 Å². The minimum Gasteiger partial charge on any atom is -0.348 e. The topological polar surface area (TPSA) is 81.2 Å². The predicted octanol–water partition coefficient (Wildman–Crippen LogP) is 14.6. The number of Topliss-reactive ketones (excluding diaryl/α,β-unsaturated/α-hetero) is 4. The van der Waals surface area contributed by atoms with Crippen molar-refractivity contribution in [2.75, 3.05) is 32.7 Å². The van der Waals surface area contributed by atoms with E-state index in [0.717, 1.165) is 109 Å². The van der Waals surface area contributed by atoms with Gasteiger partial charge in [0.05, 0.1) is 12.1 Å². The molecule has 0 aromatic heterocycles. The van der Waals surface area contributed by atoms with Crippen molar-refractivity contribution in [2.45, 2.75) is 197 Å². The third-order valence-corrected chi connectivity index (χ3v) is 17.8. The summed E-state index contributed by atoms with van der Waals surface area (Å²) in [5.74, 6) is 1.88. The second kappa shape index (κ2) is 20.8. The van der Waals surface area contributed by atoms with Crippen LogP contribution in [0.4, 0.5) is 22.7 Å². The summed E-state index contributed by atoms with van der Waals surface area (Å²) in [6.45, 7) is 23.4. The highest BCUT2D eigenvalue weighted by Gasteiger charge is 2.48. The lowest BCUT2D eigenvalue weighted by Gasteiger charge is -2.52. The number of ketones is 4. The van der Waals surface area contributed by atoms with Gasteiger partial charge in [0.15, 0.2) is 23.1 Å². The van der Waals surface area contributed by atoms with Gasteiger partial charge in [0.25, 0.3) is 0 Å². The molecule has 0 bridgehead atoms. The molecule has 2 unspecified atom stereocenters. The van der Waals surface area contributed by atoms with Crippen molar-refractivity contribution < 1.29 is 19.2 Å². The Morgan fingerprint density at radius 2 is 0.743 bits per heavy atom. The number of hydrogen-bond donors (Lipinski definition) is 0. The zero-order valence-electron chi connectivity index (χ0n) is 44.8. The van der Waals surface area contributed by atoms with Crippen LogP contribution < -0.4 is 19.6 Å². The van der Waals surface area contributed by atoms with Gasteiger partial charge in [-0.2, -0.15) is 0 Å². The van der Waals surface area contributed by atoms with Crippen LogP contribution in [0.5, 0.6) is 0 Å². The van der Waals surface area contributed by atoms with Gasteiger partial charge in [-0.15, -0.1) is 0 Å². The van der Waals surface area contributed by atoms with Gasteiger partial charge < -0.3 is 19.6 Å². The maximum atomic E-state index is 14.7. The number of anilines is 4. The number of nitrogens with zero attached hydrogens (tertiary/aromatic N) is 4. The lowest BCUT2D eigenvalue weighted by molar-refractivity contribution is -0.118. The Labute approximate surface area is 422 Å². The summed E-state index contributed by atoms with van der Waals surface area (Å²) in [7, 11) is 0. The van der Waals surface area contributed by atoms with Crippen LogP contribution in [-0.4, -0.2) is 48.3 Å². The van der Waals surface area contributed by atoms with E-state index in [1.807, 2.05) is 13.8 Å². The normalized spacial score (nSPS) is 24.8. The summed E-state index contributed by atoms with van der Waals surface area (Å²) < 4.78 is 0. The lowest BCUT2D eigenvalue weighted by Crippen LogP contribution is -2.57. The summed E-state index contributed by atoms with van der Waals surface area (Å²) in [4.78, 5) is 64.9. The van der Waals surface area contributed by atoms with Crippen molar-refractivity contribution in [2.24, 2.45) is 33.5 Å². The Kier molecular flexibility index (Phi) is 15.3. The molecule has 2 aromatic carbocycles. The highest BCUT2D eigenvalue weighted by molar-refractivity contribution is 5.99. The number of hydrogen-bond acceptors (Lipinski definition) is 8. The van der Waals surface area contributed by atoms with E-state index in [2.05, 4.69) is 148 Å². The van der Waals surface area contributed by atoms with E-state index in [0.29, 0.717) is 43.3 Å². The van der Waals surface area contributed by atoms with Gasteiger partial charge in [-0.05, 0) is 108 Å². The summed E-state index contributed by atoms with van der Waals surface area (Å²) in [6, 6.07) is 17.5. The standard InChI is InChI=1S/C62H86N4O4/c1-11-55(67)49-39-63(33-31-59(49,3)4)45-23-27-47(28-24-45)65-41-51(56(68)12-2)61(7,8)37-53(65)54-38-62(9,10)52(58(70)36-44-21-17-14-18-22-44)42-66(54)48-29-25-46(26-30-48)64-34-32-60(5,6)50(40-64)57(69)35-43-19-15-13-16-20-43/h23-30,39-44,53-54H,11-22,31-38H2,1-10H3. The average molecular weight is 951 g/mol. The molecular weight excluding hydrogens is 865 g/mol. The number of allylic oxidation sites excluding steroid dienone is 4. The molecule has 6 aliphatic rings. The summed E-state index contributed by atoms with van der Waals surface area (Å²) in [6.07, 6.45) is 26.1. The van der Waals surface area contributed by atoms with E-state index in [-0.39, 0.29) is 51.1 Å². The number of carbonyl (C=O) groups excluding carboxylic acids is 4. The maximum Gasteiger partial charge on any atom is 0.161 e. The predicted molar refractivity (Wildman–Crippen MR) is 289 cm³/mol. The van der Waals surface area contributed by atoms with E-state index in [4.69, 9.17) is 0 Å². The summed E-state index contributed by atoms with van der Waals surface area (Å²) in [5, 5.41) is 0. The van der Waals surface area contributed by atoms with Gasteiger partial charge in [0.2, 0.25) is 0 Å². The molecule has 2 aromatic rings. The van der Waals surface area contributed by atoms with Crippen LogP contribution in [0.2, 0.25) is 0 Å². The molecule has 0 radical (unpaired) electrons. The summed E-state index contributed by atoms with van der Waals surface area (Å²) >= 11 is 0. The van der Waals surface area contributed by atoms with Crippen molar-refractivity contribution in [3.8, 4) is 0 Å². The zero-order chi connectivity index (χ0) is 50.2. The first-order chi connectivity index (χ1) is 33.2. The second-order valence-corrected chi connectivity index (χ2v) is 24.8. The minimum atomic E-state index is -0.386. The van der Waals surface area contributed by atoms with E-state index in [1.165, 1.54) is 38.5 Å². The Morgan fingerprint density at radius 3 is 1.10 bits per heavy atom.